The standard InChI is InChI=1S/C21H27NO3S.3C2H6/c1-14-12-17(19(22-25-6)20(23)24-5)18(13-15(14)2)21(3,4)26-16-10-8-7-9-11-16;3*1-2/h7-11H,12-13H2,1-6H3;3*1-2H3/b22-19-;;;. The van der Waals surface area contributed by atoms with Crippen LogP contribution in [-0.2, 0) is 14.4 Å². The highest BCUT2D eigenvalue weighted by Gasteiger charge is 2.34. The Morgan fingerprint density at radius 3 is 1.88 bits per heavy atom. The van der Waals surface area contributed by atoms with Gasteiger partial charge in [-0.05, 0) is 63.8 Å². The van der Waals surface area contributed by atoms with E-state index in [0.717, 1.165) is 12.0 Å². The lowest BCUT2D eigenvalue weighted by molar-refractivity contribution is -0.132. The second-order valence-electron chi connectivity index (χ2n) is 6.91. The first-order chi connectivity index (χ1) is 15.3. The van der Waals surface area contributed by atoms with Crippen molar-refractivity contribution >= 4 is 23.4 Å². The summed E-state index contributed by atoms with van der Waals surface area (Å²) in [6, 6.07) is 10.3. The lowest BCUT2D eigenvalue weighted by Crippen LogP contribution is -2.29. The van der Waals surface area contributed by atoms with Crippen LogP contribution in [0.25, 0.3) is 0 Å². The summed E-state index contributed by atoms with van der Waals surface area (Å²) in [6.07, 6.45) is 1.49. The molecule has 0 aliphatic heterocycles. The SMILES string of the molecule is CC.CC.CC.CO/N=C(\C(=O)OC)C1=C(C(C)(C)Sc2ccccc2)CC(C)=C(C)C1. The van der Waals surface area contributed by atoms with Crippen molar-refractivity contribution in [1.29, 1.82) is 0 Å². The topological polar surface area (TPSA) is 47.9 Å². The number of benzene rings is 1. The average Bonchev–Trinajstić information content (AvgIpc) is 2.83. The van der Waals surface area contributed by atoms with Crippen molar-refractivity contribution in [3.05, 3.63) is 52.6 Å². The Bertz CT molecular complexity index is 762. The number of methoxy groups -OCH3 is 1. The van der Waals surface area contributed by atoms with E-state index in [9.17, 15) is 4.79 Å². The van der Waals surface area contributed by atoms with Crippen LogP contribution < -0.4 is 0 Å². The summed E-state index contributed by atoms with van der Waals surface area (Å²) < 4.78 is 4.75. The van der Waals surface area contributed by atoms with Crippen molar-refractivity contribution in [3.63, 3.8) is 0 Å². The zero-order valence-electron chi connectivity index (χ0n) is 22.4. The van der Waals surface area contributed by atoms with Crippen molar-refractivity contribution in [2.24, 2.45) is 5.16 Å². The summed E-state index contributed by atoms with van der Waals surface area (Å²) >= 11 is 1.79. The average molecular weight is 464 g/mol. The van der Waals surface area contributed by atoms with Crippen LogP contribution in [0.4, 0.5) is 0 Å². The second kappa shape index (κ2) is 17.5. The van der Waals surface area contributed by atoms with E-state index < -0.39 is 5.97 Å². The molecule has 0 N–H and O–H groups in total. The highest BCUT2D eigenvalue weighted by molar-refractivity contribution is 8.00. The van der Waals surface area contributed by atoms with Gasteiger partial charge in [0, 0.05) is 9.64 Å². The van der Waals surface area contributed by atoms with Gasteiger partial charge in [0.15, 0.2) is 5.71 Å². The maximum absolute atomic E-state index is 12.3. The Kier molecular flexibility index (Phi) is 17.6. The molecular weight excluding hydrogens is 418 g/mol. The molecule has 0 aromatic heterocycles. The number of rotatable bonds is 6. The first-order valence-corrected chi connectivity index (χ1v) is 12.4. The van der Waals surface area contributed by atoms with E-state index >= 15 is 0 Å². The number of hydrogen-bond donors (Lipinski definition) is 0. The molecule has 4 nitrogen and oxygen atoms in total. The molecule has 0 unspecified atom stereocenters. The molecule has 1 aromatic rings. The van der Waals surface area contributed by atoms with E-state index in [2.05, 4.69) is 45.0 Å². The number of ether oxygens (including phenoxy) is 1. The molecule has 182 valence electrons. The molecule has 1 aliphatic rings. The fourth-order valence-electron chi connectivity index (χ4n) is 3.10. The molecule has 5 heteroatoms. The molecule has 0 atom stereocenters. The van der Waals surface area contributed by atoms with E-state index in [-0.39, 0.29) is 10.5 Å². The maximum Gasteiger partial charge on any atom is 0.360 e. The lowest BCUT2D eigenvalue weighted by Gasteiger charge is -2.34. The summed E-state index contributed by atoms with van der Waals surface area (Å²) in [5, 5.41) is 4.00. The molecular formula is C27H45NO3S. The Hall–Kier alpha value is -2.01. The summed E-state index contributed by atoms with van der Waals surface area (Å²) in [6.45, 7) is 20.6. The van der Waals surface area contributed by atoms with Crippen LogP contribution >= 0.6 is 11.8 Å². The summed E-state index contributed by atoms with van der Waals surface area (Å²) in [7, 11) is 2.82. The second-order valence-corrected chi connectivity index (χ2v) is 8.61. The van der Waals surface area contributed by atoms with Crippen LogP contribution in [0, 0.1) is 0 Å². The zero-order chi connectivity index (χ0) is 25.3. The molecule has 1 aromatic carbocycles. The van der Waals surface area contributed by atoms with Gasteiger partial charge >= 0.3 is 5.97 Å². The van der Waals surface area contributed by atoms with Crippen molar-refractivity contribution in [2.45, 2.75) is 91.7 Å². The predicted molar refractivity (Wildman–Crippen MR) is 142 cm³/mol. The van der Waals surface area contributed by atoms with Crippen molar-refractivity contribution in [3.8, 4) is 0 Å². The monoisotopic (exact) mass is 463 g/mol. The molecule has 0 fully saturated rings. The maximum atomic E-state index is 12.3. The largest absolute Gasteiger partial charge is 0.464 e. The summed E-state index contributed by atoms with van der Waals surface area (Å²) in [4.78, 5) is 18.5. The van der Waals surface area contributed by atoms with Gasteiger partial charge in [-0.1, -0.05) is 76.0 Å². The Morgan fingerprint density at radius 2 is 1.41 bits per heavy atom. The minimum Gasteiger partial charge on any atom is -0.464 e. The Morgan fingerprint density at radius 1 is 0.906 bits per heavy atom. The quantitative estimate of drug-likeness (QED) is 0.140. The number of carbonyl (C=O) groups is 1. The fraction of sp³-hybridized carbons (Fsp3) is 0.556. The molecule has 2 rings (SSSR count). The van der Waals surface area contributed by atoms with Crippen LogP contribution in [0.1, 0.15) is 82.1 Å². The highest BCUT2D eigenvalue weighted by Crippen LogP contribution is 2.45. The van der Waals surface area contributed by atoms with Crippen molar-refractivity contribution < 1.29 is 14.4 Å². The van der Waals surface area contributed by atoms with Gasteiger partial charge in [-0.15, -0.1) is 11.8 Å². The third kappa shape index (κ3) is 9.64. The van der Waals surface area contributed by atoms with E-state index in [1.54, 1.807) is 11.8 Å². The molecule has 0 saturated carbocycles. The minimum absolute atomic E-state index is 0.207. The molecule has 0 saturated heterocycles. The van der Waals surface area contributed by atoms with Gasteiger partial charge in [-0.25, -0.2) is 4.79 Å². The van der Waals surface area contributed by atoms with Gasteiger partial charge in [-0.3, -0.25) is 0 Å². The summed E-state index contributed by atoms with van der Waals surface area (Å²) in [5.74, 6) is -0.466. The van der Waals surface area contributed by atoms with Gasteiger partial charge in [0.05, 0.1) is 7.11 Å². The Balaban J connectivity index is 0. The number of carbonyl (C=O) groups excluding carboxylic acids is 1. The van der Waals surface area contributed by atoms with E-state index in [0.29, 0.717) is 6.42 Å². The first kappa shape index (κ1) is 32.2. The van der Waals surface area contributed by atoms with E-state index in [1.807, 2.05) is 59.7 Å². The molecule has 32 heavy (non-hydrogen) atoms. The third-order valence-electron chi connectivity index (χ3n) is 4.67. The van der Waals surface area contributed by atoms with E-state index in [1.165, 1.54) is 35.8 Å². The van der Waals surface area contributed by atoms with Crippen LogP contribution in [0.3, 0.4) is 0 Å². The molecule has 0 spiro atoms. The van der Waals surface area contributed by atoms with Gasteiger partial charge in [-0.2, -0.15) is 0 Å². The van der Waals surface area contributed by atoms with Crippen LogP contribution in [0.5, 0.6) is 0 Å². The molecule has 0 amide bonds. The molecule has 0 bridgehead atoms. The molecule has 0 heterocycles. The normalized spacial score (nSPS) is 13.6. The van der Waals surface area contributed by atoms with E-state index in [4.69, 9.17) is 9.57 Å². The number of nitrogens with zero attached hydrogens (tertiary/aromatic N) is 1. The number of hydrogen-bond acceptors (Lipinski definition) is 5. The number of oxime groups is 1. The lowest BCUT2D eigenvalue weighted by atomic mass is 9.80. The van der Waals surface area contributed by atoms with Gasteiger partial charge in [0.1, 0.15) is 7.11 Å². The van der Waals surface area contributed by atoms with Gasteiger partial charge in [0.2, 0.25) is 0 Å². The first-order valence-electron chi connectivity index (χ1n) is 11.6. The van der Waals surface area contributed by atoms with Crippen molar-refractivity contribution in [2.75, 3.05) is 14.2 Å². The zero-order valence-corrected chi connectivity index (χ0v) is 23.2. The predicted octanol–water partition coefficient (Wildman–Crippen LogP) is 8.24. The summed E-state index contributed by atoms with van der Waals surface area (Å²) in [5.41, 5.74) is 4.97. The third-order valence-corrected chi connectivity index (χ3v) is 5.93. The molecule has 1 aliphatic carbocycles. The number of thioether (sulfide) groups is 1. The highest BCUT2D eigenvalue weighted by atomic mass is 32.2. The smallest absolute Gasteiger partial charge is 0.360 e. The Labute approximate surface area is 201 Å². The van der Waals surface area contributed by atoms with Crippen molar-refractivity contribution in [1.82, 2.24) is 0 Å². The van der Waals surface area contributed by atoms with Gasteiger partial charge < -0.3 is 9.57 Å². The van der Waals surface area contributed by atoms with Gasteiger partial charge in [0.25, 0.3) is 0 Å². The van der Waals surface area contributed by atoms with Crippen LogP contribution in [0.2, 0.25) is 0 Å². The fourth-order valence-corrected chi connectivity index (χ4v) is 4.30. The van der Waals surface area contributed by atoms with Crippen LogP contribution in [-0.4, -0.2) is 30.6 Å². The van der Waals surface area contributed by atoms with Crippen LogP contribution in [0.15, 0.2) is 62.7 Å². The number of allylic oxidation sites excluding steroid dienone is 2. The number of esters is 1. The minimum atomic E-state index is -0.466. The molecule has 0 radical (unpaired) electrons.